The maximum atomic E-state index is 11.9. The SMILES string of the molecule is CC(C(=O)NCc1cccc(C(=O)O)c1)n1cccn1. The van der Waals surface area contributed by atoms with E-state index >= 15 is 0 Å². The average Bonchev–Trinajstić information content (AvgIpc) is 2.98. The van der Waals surface area contributed by atoms with Gasteiger partial charge in [0, 0.05) is 18.9 Å². The van der Waals surface area contributed by atoms with Crippen LogP contribution in [0.1, 0.15) is 28.9 Å². The smallest absolute Gasteiger partial charge is 0.335 e. The lowest BCUT2D eigenvalue weighted by molar-refractivity contribution is -0.124. The molecule has 1 amide bonds. The molecule has 1 aromatic heterocycles. The summed E-state index contributed by atoms with van der Waals surface area (Å²) in [6.07, 6.45) is 3.33. The number of benzene rings is 1. The Bertz CT molecular complexity index is 608. The van der Waals surface area contributed by atoms with E-state index in [1.165, 1.54) is 6.07 Å². The summed E-state index contributed by atoms with van der Waals surface area (Å²) in [5.41, 5.74) is 0.947. The predicted molar refractivity (Wildman–Crippen MR) is 72.2 cm³/mol. The zero-order valence-corrected chi connectivity index (χ0v) is 11.0. The first kappa shape index (κ1) is 13.8. The third-order valence-electron chi connectivity index (χ3n) is 2.94. The maximum Gasteiger partial charge on any atom is 0.335 e. The lowest BCUT2D eigenvalue weighted by Gasteiger charge is -2.12. The van der Waals surface area contributed by atoms with Crippen molar-refractivity contribution in [3.8, 4) is 0 Å². The number of nitrogens with zero attached hydrogens (tertiary/aromatic N) is 2. The predicted octanol–water partition coefficient (Wildman–Crippen LogP) is 1.46. The minimum Gasteiger partial charge on any atom is -0.478 e. The minimum atomic E-state index is -0.983. The normalized spacial score (nSPS) is 11.8. The van der Waals surface area contributed by atoms with Gasteiger partial charge in [-0.15, -0.1) is 0 Å². The number of carboxylic acid groups (broad SMARTS) is 1. The molecular weight excluding hydrogens is 258 g/mol. The third kappa shape index (κ3) is 3.23. The molecule has 2 N–H and O–H groups in total. The largest absolute Gasteiger partial charge is 0.478 e. The fourth-order valence-electron chi connectivity index (χ4n) is 1.78. The van der Waals surface area contributed by atoms with Gasteiger partial charge in [-0.3, -0.25) is 9.48 Å². The highest BCUT2D eigenvalue weighted by atomic mass is 16.4. The number of amides is 1. The van der Waals surface area contributed by atoms with E-state index in [2.05, 4.69) is 10.4 Å². The van der Waals surface area contributed by atoms with Crippen LogP contribution in [0.3, 0.4) is 0 Å². The van der Waals surface area contributed by atoms with Crippen LogP contribution in [-0.4, -0.2) is 26.8 Å². The Morgan fingerprint density at radius 3 is 2.85 bits per heavy atom. The third-order valence-corrected chi connectivity index (χ3v) is 2.94. The molecule has 0 bridgehead atoms. The number of carbonyl (C=O) groups excluding carboxylic acids is 1. The molecule has 2 aromatic rings. The first-order valence-electron chi connectivity index (χ1n) is 6.17. The van der Waals surface area contributed by atoms with Gasteiger partial charge in [-0.2, -0.15) is 5.10 Å². The van der Waals surface area contributed by atoms with Crippen molar-refractivity contribution in [2.75, 3.05) is 0 Å². The van der Waals surface area contributed by atoms with E-state index in [9.17, 15) is 9.59 Å². The topological polar surface area (TPSA) is 84.2 Å². The Labute approximate surface area is 116 Å². The molecule has 1 aromatic carbocycles. The molecule has 0 aliphatic rings. The number of hydrogen-bond donors (Lipinski definition) is 2. The Balaban J connectivity index is 1.96. The van der Waals surface area contributed by atoms with Crippen LogP contribution in [0, 0.1) is 0 Å². The summed E-state index contributed by atoms with van der Waals surface area (Å²) in [7, 11) is 0. The molecule has 1 unspecified atom stereocenters. The zero-order valence-electron chi connectivity index (χ0n) is 11.0. The molecular formula is C14H15N3O3. The molecule has 0 fully saturated rings. The van der Waals surface area contributed by atoms with Crippen LogP contribution in [0.5, 0.6) is 0 Å². The summed E-state index contributed by atoms with van der Waals surface area (Å²) >= 11 is 0. The number of carbonyl (C=O) groups is 2. The molecule has 104 valence electrons. The molecule has 0 saturated heterocycles. The van der Waals surface area contributed by atoms with E-state index in [0.29, 0.717) is 0 Å². The van der Waals surface area contributed by atoms with Crippen molar-refractivity contribution >= 4 is 11.9 Å². The summed E-state index contributed by atoms with van der Waals surface area (Å²) < 4.78 is 1.56. The molecule has 0 saturated carbocycles. The van der Waals surface area contributed by atoms with E-state index in [1.807, 2.05) is 0 Å². The Hall–Kier alpha value is -2.63. The number of hydrogen-bond acceptors (Lipinski definition) is 3. The van der Waals surface area contributed by atoms with Crippen LogP contribution in [0.15, 0.2) is 42.7 Å². The summed E-state index contributed by atoms with van der Waals surface area (Å²) in [5.74, 6) is -1.16. The monoisotopic (exact) mass is 273 g/mol. The second-order valence-electron chi connectivity index (χ2n) is 4.39. The Morgan fingerprint density at radius 1 is 1.40 bits per heavy atom. The van der Waals surface area contributed by atoms with E-state index in [4.69, 9.17) is 5.11 Å². The maximum absolute atomic E-state index is 11.9. The van der Waals surface area contributed by atoms with Gasteiger partial charge in [0.2, 0.25) is 5.91 Å². The number of carboxylic acids is 1. The van der Waals surface area contributed by atoms with Gasteiger partial charge in [0.1, 0.15) is 6.04 Å². The van der Waals surface area contributed by atoms with Crippen LogP contribution in [-0.2, 0) is 11.3 Å². The number of aromatic nitrogens is 2. The average molecular weight is 273 g/mol. The molecule has 6 nitrogen and oxygen atoms in total. The van der Waals surface area contributed by atoms with Crippen molar-refractivity contribution in [1.82, 2.24) is 15.1 Å². The second kappa shape index (κ2) is 6.01. The quantitative estimate of drug-likeness (QED) is 0.863. The fraction of sp³-hybridized carbons (Fsp3) is 0.214. The van der Waals surface area contributed by atoms with Crippen molar-refractivity contribution in [2.45, 2.75) is 19.5 Å². The van der Waals surface area contributed by atoms with Crippen molar-refractivity contribution in [3.05, 3.63) is 53.9 Å². The standard InChI is InChI=1S/C14H15N3O3/c1-10(17-7-3-6-16-17)13(18)15-9-11-4-2-5-12(8-11)14(19)20/h2-8,10H,9H2,1H3,(H,15,18)(H,19,20). The molecule has 6 heteroatoms. The van der Waals surface area contributed by atoms with Gasteiger partial charge in [0.05, 0.1) is 5.56 Å². The summed E-state index contributed by atoms with van der Waals surface area (Å²) in [4.78, 5) is 22.8. The summed E-state index contributed by atoms with van der Waals surface area (Å²) in [5, 5.41) is 15.7. The molecule has 0 aliphatic carbocycles. The first-order valence-corrected chi connectivity index (χ1v) is 6.17. The molecule has 2 rings (SSSR count). The number of nitrogens with one attached hydrogen (secondary N) is 1. The lowest BCUT2D eigenvalue weighted by Crippen LogP contribution is -2.30. The van der Waals surface area contributed by atoms with Crippen molar-refractivity contribution < 1.29 is 14.7 Å². The van der Waals surface area contributed by atoms with Crippen LogP contribution in [0.4, 0.5) is 0 Å². The fourth-order valence-corrected chi connectivity index (χ4v) is 1.78. The van der Waals surface area contributed by atoms with Gasteiger partial charge in [-0.05, 0) is 30.7 Å². The Morgan fingerprint density at radius 2 is 2.20 bits per heavy atom. The first-order chi connectivity index (χ1) is 9.58. The summed E-state index contributed by atoms with van der Waals surface area (Å²) in [6.45, 7) is 2.03. The van der Waals surface area contributed by atoms with E-state index in [1.54, 1.807) is 48.3 Å². The highest BCUT2D eigenvalue weighted by Crippen LogP contribution is 2.07. The highest BCUT2D eigenvalue weighted by molar-refractivity contribution is 5.87. The van der Waals surface area contributed by atoms with Crippen LogP contribution in [0.2, 0.25) is 0 Å². The second-order valence-corrected chi connectivity index (χ2v) is 4.39. The Kier molecular flexibility index (Phi) is 4.14. The van der Waals surface area contributed by atoms with Crippen LogP contribution < -0.4 is 5.32 Å². The van der Waals surface area contributed by atoms with Crippen molar-refractivity contribution in [1.29, 1.82) is 0 Å². The van der Waals surface area contributed by atoms with E-state index < -0.39 is 12.0 Å². The van der Waals surface area contributed by atoms with Crippen LogP contribution >= 0.6 is 0 Å². The van der Waals surface area contributed by atoms with Crippen molar-refractivity contribution in [3.63, 3.8) is 0 Å². The molecule has 20 heavy (non-hydrogen) atoms. The van der Waals surface area contributed by atoms with Gasteiger partial charge >= 0.3 is 5.97 Å². The van der Waals surface area contributed by atoms with Gasteiger partial charge in [0.25, 0.3) is 0 Å². The van der Waals surface area contributed by atoms with Gasteiger partial charge in [-0.25, -0.2) is 4.79 Å². The molecule has 1 heterocycles. The number of rotatable bonds is 5. The highest BCUT2D eigenvalue weighted by Gasteiger charge is 2.14. The molecule has 0 radical (unpaired) electrons. The molecule has 0 aliphatic heterocycles. The number of aromatic carboxylic acids is 1. The zero-order chi connectivity index (χ0) is 14.5. The molecule has 1 atom stereocenters. The lowest BCUT2D eigenvalue weighted by atomic mass is 10.1. The van der Waals surface area contributed by atoms with Gasteiger partial charge in [0.15, 0.2) is 0 Å². The summed E-state index contributed by atoms with van der Waals surface area (Å²) in [6, 6.07) is 7.82. The van der Waals surface area contributed by atoms with Crippen molar-refractivity contribution in [2.24, 2.45) is 0 Å². The van der Waals surface area contributed by atoms with E-state index in [0.717, 1.165) is 5.56 Å². The van der Waals surface area contributed by atoms with Gasteiger partial charge in [-0.1, -0.05) is 12.1 Å². The minimum absolute atomic E-state index is 0.172. The van der Waals surface area contributed by atoms with Gasteiger partial charge < -0.3 is 10.4 Å². The van der Waals surface area contributed by atoms with E-state index in [-0.39, 0.29) is 18.0 Å². The van der Waals surface area contributed by atoms with Crippen LogP contribution in [0.25, 0.3) is 0 Å². The molecule has 0 spiro atoms.